The molecule has 2 rings (SSSR count). The lowest BCUT2D eigenvalue weighted by Gasteiger charge is -2.22. The van der Waals surface area contributed by atoms with E-state index in [0.29, 0.717) is 6.54 Å². The molecule has 0 unspecified atom stereocenters. The molecule has 2 aromatic rings. The predicted molar refractivity (Wildman–Crippen MR) is 84.6 cm³/mol. The van der Waals surface area contributed by atoms with E-state index in [4.69, 9.17) is 0 Å². The van der Waals surface area contributed by atoms with Gasteiger partial charge in [0, 0.05) is 30.6 Å². The molecule has 2 aromatic heterocycles. The van der Waals surface area contributed by atoms with E-state index >= 15 is 0 Å². The van der Waals surface area contributed by atoms with Crippen molar-refractivity contribution in [1.82, 2.24) is 19.7 Å². The first-order valence-corrected chi connectivity index (χ1v) is 7.94. The van der Waals surface area contributed by atoms with E-state index in [2.05, 4.69) is 10.1 Å². The lowest BCUT2D eigenvalue weighted by molar-refractivity contribution is -0.133. The molecule has 2 heterocycles. The van der Waals surface area contributed by atoms with Crippen LogP contribution >= 0.6 is 11.3 Å². The molecule has 0 aliphatic carbocycles. The van der Waals surface area contributed by atoms with Crippen molar-refractivity contribution in [2.45, 2.75) is 40.2 Å². The number of carbonyl (C=O) groups is 1. The number of aromatic nitrogens is 3. The Labute approximate surface area is 129 Å². The zero-order chi connectivity index (χ0) is 15.6. The van der Waals surface area contributed by atoms with Crippen LogP contribution in [-0.2, 0) is 11.2 Å². The molecule has 0 saturated carbocycles. The SMILES string of the molecule is Cc1cc(C)n([C@@H](C)C(=O)N(C)CCc2scnc2C)n1. The number of amides is 1. The monoisotopic (exact) mass is 306 g/mol. The third-order valence-electron chi connectivity index (χ3n) is 3.66. The normalized spacial score (nSPS) is 12.4. The average molecular weight is 306 g/mol. The summed E-state index contributed by atoms with van der Waals surface area (Å²) in [6, 6.07) is 1.72. The number of carbonyl (C=O) groups excluding carboxylic acids is 1. The van der Waals surface area contributed by atoms with Crippen molar-refractivity contribution in [3.05, 3.63) is 33.5 Å². The molecule has 6 heteroatoms. The predicted octanol–water partition coefficient (Wildman–Crippen LogP) is 2.53. The van der Waals surface area contributed by atoms with Gasteiger partial charge in [-0.25, -0.2) is 4.98 Å². The molecule has 0 N–H and O–H groups in total. The molecule has 0 bridgehead atoms. The number of aryl methyl sites for hydroxylation is 3. The number of thiazole rings is 1. The highest BCUT2D eigenvalue weighted by atomic mass is 32.1. The molecule has 0 fully saturated rings. The summed E-state index contributed by atoms with van der Waals surface area (Å²) in [7, 11) is 1.85. The van der Waals surface area contributed by atoms with Gasteiger partial charge in [0.05, 0.1) is 16.9 Å². The van der Waals surface area contributed by atoms with Gasteiger partial charge in [0.1, 0.15) is 6.04 Å². The Morgan fingerprint density at radius 2 is 2.14 bits per heavy atom. The summed E-state index contributed by atoms with van der Waals surface area (Å²) in [5.74, 6) is 0.0865. The van der Waals surface area contributed by atoms with Crippen molar-refractivity contribution in [1.29, 1.82) is 0 Å². The average Bonchev–Trinajstić information content (AvgIpc) is 2.99. The lowest BCUT2D eigenvalue weighted by Crippen LogP contribution is -2.35. The third kappa shape index (κ3) is 3.50. The van der Waals surface area contributed by atoms with Crippen molar-refractivity contribution in [2.75, 3.05) is 13.6 Å². The Morgan fingerprint density at radius 3 is 2.67 bits per heavy atom. The molecule has 0 saturated heterocycles. The van der Waals surface area contributed by atoms with Gasteiger partial charge in [0.25, 0.3) is 0 Å². The van der Waals surface area contributed by atoms with E-state index in [9.17, 15) is 4.79 Å². The molecular formula is C15H22N4OS. The summed E-state index contributed by atoms with van der Waals surface area (Å²) in [6.07, 6.45) is 0.850. The fourth-order valence-corrected chi connectivity index (χ4v) is 3.18. The van der Waals surface area contributed by atoms with E-state index in [1.807, 2.05) is 46.3 Å². The van der Waals surface area contributed by atoms with Crippen LogP contribution < -0.4 is 0 Å². The van der Waals surface area contributed by atoms with Gasteiger partial charge in [-0.2, -0.15) is 5.10 Å². The van der Waals surface area contributed by atoms with Crippen molar-refractivity contribution >= 4 is 17.2 Å². The van der Waals surface area contributed by atoms with E-state index in [1.54, 1.807) is 20.9 Å². The first-order chi connectivity index (χ1) is 9.90. The lowest BCUT2D eigenvalue weighted by atomic mass is 10.2. The Bertz CT molecular complexity index is 631. The van der Waals surface area contributed by atoms with E-state index < -0.39 is 0 Å². The van der Waals surface area contributed by atoms with Crippen LogP contribution in [0.1, 0.15) is 34.9 Å². The number of hydrogen-bond donors (Lipinski definition) is 0. The molecule has 21 heavy (non-hydrogen) atoms. The van der Waals surface area contributed by atoms with Crippen LogP contribution in [0.3, 0.4) is 0 Å². The largest absolute Gasteiger partial charge is 0.344 e. The fourth-order valence-electron chi connectivity index (χ4n) is 2.41. The number of hydrogen-bond acceptors (Lipinski definition) is 4. The molecule has 0 radical (unpaired) electrons. The van der Waals surface area contributed by atoms with E-state index in [0.717, 1.165) is 23.5 Å². The van der Waals surface area contributed by atoms with Gasteiger partial charge in [-0.3, -0.25) is 9.48 Å². The zero-order valence-electron chi connectivity index (χ0n) is 13.3. The number of likely N-dealkylation sites (N-methyl/N-ethyl adjacent to an activating group) is 1. The smallest absolute Gasteiger partial charge is 0.246 e. The van der Waals surface area contributed by atoms with Gasteiger partial charge in [-0.15, -0.1) is 11.3 Å². The summed E-state index contributed by atoms with van der Waals surface area (Å²) >= 11 is 1.65. The summed E-state index contributed by atoms with van der Waals surface area (Å²) in [5, 5.41) is 4.40. The second-order valence-electron chi connectivity index (χ2n) is 5.42. The highest BCUT2D eigenvalue weighted by molar-refractivity contribution is 7.09. The van der Waals surface area contributed by atoms with Crippen molar-refractivity contribution in [3.63, 3.8) is 0 Å². The first kappa shape index (κ1) is 15.7. The molecule has 0 aromatic carbocycles. The minimum atomic E-state index is -0.272. The summed E-state index contributed by atoms with van der Waals surface area (Å²) < 4.78 is 1.80. The zero-order valence-corrected chi connectivity index (χ0v) is 14.1. The van der Waals surface area contributed by atoms with Gasteiger partial charge in [-0.1, -0.05) is 0 Å². The second kappa shape index (κ2) is 6.39. The Kier molecular flexibility index (Phi) is 4.77. The summed E-state index contributed by atoms with van der Waals surface area (Å²) in [6.45, 7) is 8.52. The maximum Gasteiger partial charge on any atom is 0.246 e. The quantitative estimate of drug-likeness (QED) is 0.853. The van der Waals surface area contributed by atoms with Crippen molar-refractivity contribution in [2.24, 2.45) is 0 Å². The Balaban J connectivity index is 1.99. The van der Waals surface area contributed by atoms with Gasteiger partial charge in [0.15, 0.2) is 0 Å². The summed E-state index contributed by atoms with van der Waals surface area (Å²) in [4.78, 5) is 19.8. The molecule has 114 valence electrons. The van der Waals surface area contributed by atoms with Crippen LogP contribution in [0.15, 0.2) is 11.6 Å². The van der Waals surface area contributed by atoms with Crippen LogP contribution in [0.4, 0.5) is 0 Å². The molecule has 1 amide bonds. The maximum atomic E-state index is 12.5. The summed E-state index contributed by atoms with van der Waals surface area (Å²) in [5.41, 5.74) is 4.87. The fraction of sp³-hybridized carbons (Fsp3) is 0.533. The van der Waals surface area contributed by atoms with Crippen LogP contribution in [0.5, 0.6) is 0 Å². The minimum Gasteiger partial charge on any atom is -0.344 e. The van der Waals surface area contributed by atoms with Crippen LogP contribution in [0.25, 0.3) is 0 Å². The van der Waals surface area contributed by atoms with E-state index in [-0.39, 0.29) is 11.9 Å². The molecule has 1 atom stereocenters. The molecular weight excluding hydrogens is 284 g/mol. The molecule has 0 spiro atoms. The number of nitrogens with zero attached hydrogens (tertiary/aromatic N) is 4. The number of rotatable bonds is 5. The van der Waals surface area contributed by atoms with Crippen molar-refractivity contribution in [3.8, 4) is 0 Å². The topological polar surface area (TPSA) is 51.0 Å². The van der Waals surface area contributed by atoms with Crippen LogP contribution in [-0.4, -0.2) is 39.2 Å². The highest BCUT2D eigenvalue weighted by Crippen LogP contribution is 2.16. The molecule has 0 aliphatic heterocycles. The van der Waals surface area contributed by atoms with Gasteiger partial charge in [-0.05, 0) is 33.8 Å². The maximum absolute atomic E-state index is 12.5. The van der Waals surface area contributed by atoms with Crippen LogP contribution in [0.2, 0.25) is 0 Å². The third-order valence-corrected chi connectivity index (χ3v) is 4.66. The molecule has 5 nitrogen and oxygen atoms in total. The van der Waals surface area contributed by atoms with Crippen molar-refractivity contribution < 1.29 is 4.79 Å². The molecule has 0 aliphatic rings. The Morgan fingerprint density at radius 1 is 1.43 bits per heavy atom. The first-order valence-electron chi connectivity index (χ1n) is 7.07. The Hall–Kier alpha value is -1.69. The van der Waals surface area contributed by atoms with Gasteiger partial charge >= 0.3 is 0 Å². The van der Waals surface area contributed by atoms with Gasteiger partial charge in [0.2, 0.25) is 5.91 Å². The van der Waals surface area contributed by atoms with Gasteiger partial charge < -0.3 is 4.90 Å². The van der Waals surface area contributed by atoms with Crippen LogP contribution in [0, 0.1) is 20.8 Å². The van der Waals surface area contributed by atoms with E-state index in [1.165, 1.54) is 4.88 Å². The highest BCUT2D eigenvalue weighted by Gasteiger charge is 2.21. The second-order valence-corrected chi connectivity index (χ2v) is 6.36. The minimum absolute atomic E-state index is 0.0865. The standard InChI is InChI=1S/C15H22N4OS/c1-10-8-11(2)19(17-10)13(4)15(20)18(5)7-6-14-12(3)16-9-21-14/h8-9,13H,6-7H2,1-5H3/t13-/m0/s1.